The van der Waals surface area contributed by atoms with Gasteiger partial charge in [-0.3, -0.25) is 4.79 Å². The monoisotopic (exact) mass is 476 g/mol. The summed E-state index contributed by atoms with van der Waals surface area (Å²) in [7, 11) is 0. The molecule has 0 amide bonds. The zero-order valence-corrected chi connectivity index (χ0v) is 19.0. The number of hydrogen-bond donors (Lipinski definition) is 0. The first-order valence-corrected chi connectivity index (χ1v) is 10.5. The normalized spacial score (nSPS) is 12.4. The van der Waals surface area contributed by atoms with Crippen LogP contribution >= 0.6 is 27.3 Å². The molecule has 0 bridgehead atoms. The van der Waals surface area contributed by atoms with Gasteiger partial charge in [0, 0.05) is 21.6 Å². The molecule has 8 heteroatoms. The minimum Gasteiger partial charge on any atom is -0.462 e. The van der Waals surface area contributed by atoms with Gasteiger partial charge >= 0.3 is 11.9 Å². The highest BCUT2D eigenvalue weighted by Gasteiger charge is 2.25. The van der Waals surface area contributed by atoms with Crippen molar-refractivity contribution in [3.8, 4) is 17.2 Å². The predicted octanol–water partition coefficient (Wildman–Crippen LogP) is 5.54. The molecule has 1 aromatic carbocycles. The maximum absolute atomic E-state index is 12.6. The second-order valence-electron chi connectivity index (χ2n) is 6.98. The molecule has 0 spiro atoms. The summed E-state index contributed by atoms with van der Waals surface area (Å²) in [4.78, 5) is 29.0. The Hall–Kier alpha value is -2.50. The Morgan fingerprint density at radius 2 is 1.97 bits per heavy atom. The number of thiophene rings is 1. The van der Waals surface area contributed by atoms with Crippen LogP contribution in [0.1, 0.15) is 38.1 Å². The van der Waals surface area contributed by atoms with Crippen LogP contribution in [0.4, 0.5) is 5.00 Å². The van der Waals surface area contributed by atoms with E-state index >= 15 is 0 Å². The maximum Gasteiger partial charge on any atom is 0.341 e. The summed E-state index contributed by atoms with van der Waals surface area (Å²) in [6.45, 7) is 7.11. The summed E-state index contributed by atoms with van der Waals surface area (Å²) < 4.78 is 11.3. The average Bonchev–Trinajstić information content (AvgIpc) is 3.05. The van der Waals surface area contributed by atoms with E-state index in [1.807, 2.05) is 30.3 Å². The van der Waals surface area contributed by atoms with Gasteiger partial charge < -0.3 is 9.47 Å². The highest BCUT2D eigenvalue weighted by Crippen LogP contribution is 2.38. The molecule has 1 unspecified atom stereocenters. The second kappa shape index (κ2) is 9.81. The van der Waals surface area contributed by atoms with Crippen LogP contribution in [0.3, 0.4) is 0 Å². The topological polar surface area (TPSA) is 88.8 Å². The van der Waals surface area contributed by atoms with E-state index in [9.17, 15) is 14.9 Å². The van der Waals surface area contributed by atoms with Crippen molar-refractivity contribution in [2.75, 3.05) is 6.61 Å². The Balaban J connectivity index is 2.40. The molecule has 2 rings (SSSR count). The van der Waals surface area contributed by atoms with Crippen molar-refractivity contribution >= 4 is 50.4 Å². The molecule has 1 atom stereocenters. The molecule has 6 nitrogen and oxygen atoms in total. The van der Waals surface area contributed by atoms with Crippen molar-refractivity contribution in [1.29, 1.82) is 5.26 Å². The number of hydrogen-bond acceptors (Lipinski definition) is 7. The van der Waals surface area contributed by atoms with E-state index in [4.69, 9.17) is 9.47 Å². The SMILES string of the molecule is CCOC(=O)c1c(-c2ccc(Br)cc2)csc1N=CC(C#N)C(=O)OC(C)(C)C. The van der Waals surface area contributed by atoms with Gasteiger partial charge in [0.15, 0.2) is 5.92 Å². The molecule has 152 valence electrons. The lowest BCUT2D eigenvalue weighted by atomic mass is 10.0. The number of halogens is 1. The van der Waals surface area contributed by atoms with Gasteiger partial charge in [0.1, 0.15) is 16.2 Å². The summed E-state index contributed by atoms with van der Waals surface area (Å²) in [5.74, 6) is -2.38. The fourth-order valence-electron chi connectivity index (χ4n) is 2.34. The van der Waals surface area contributed by atoms with Crippen LogP contribution in [0.25, 0.3) is 11.1 Å². The Morgan fingerprint density at radius 3 is 2.52 bits per heavy atom. The third kappa shape index (κ3) is 6.24. The first-order chi connectivity index (χ1) is 13.7. The van der Waals surface area contributed by atoms with Gasteiger partial charge in [0.25, 0.3) is 0 Å². The third-order valence-corrected chi connectivity index (χ3v) is 4.96. The Morgan fingerprint density at radius 1 is 1.31 bits per heavy atom. The molecule has 1 aromatic heterocycles. The second-order valence-corrected chi connectivity index (χ2v) is 8.75. The van der Waals surface area contributed by atoms with Crippen LogP contribution in [0.2, 0.25) is 0 Å². The number of esters is 2. The van der Waals surface area contributed by atoms with Crippen LogP contribution in [-0.2, 0) is 14.3 Å². The van der Waals surface area contributed by atoms with Gasteiger partial charge in [-0.25, -0.2) is 9.79 Å². The quantitative estimate of drug-likeness (QED) is 0.403. The molecule has 0 aliphatic rings. The summed E-state index contributed by atoms with van der Waals surface area (Å²) in [6, 6.07) is 9.37. The molecule has 0 aliphatic carbocycles. The summed E-state index contributed by atoms with van der Waals surface area (Å²) in [5, 5.41) is 11.5. The minimum atomic E-state index is -1.18. The van der Waals surface area contributed by atoms with Crippen LogP contribution in [0.5, 0.6) is 0 Å². The number of ether oxygens (including phenoxy) is 2. The number of nitriles is 1. The van der Waals surface area contributed by atoms with Crippen LogP contribution < -0.4 is 0 Å². The van der Waals surface area contributed by atoms with Gasteiger partial charge in [-0.05, 0) is 45.4 Å². The fourth-order valence-corrected chi connectivity index (χ4v) is 3.52. The smallest absolute Gasteiger partial charge is 0.341 e. The van der Waals surface area contributed by atoms with E-state index in [1.165, 1.54) is 17.6 Å². The van der Waals surface area contributed by atoms with E-state index in [2.05, 4.69) is 20.9 Å². The Kier molecular flexibility index (Phi) is 7.71. The van der Waals surface area contributed by atoms with Gasteiger partial charge in [-0.2, -0.15) is 5.26 Å². The number of aliphatic imine (C=N–C) groups is 1. The molecule has 0 saturated carbocycles. The van der Waals surface area contributed by atoms with E-state index in [1.54, 1.807) is 33.1 Å². The Labute approximate surface area is 182 Å². The molecule has 2 aromatic rings. The van der Waals surface area contributed by atoms with Crippen molar-refractivity contribution in [1.82, 2.24) is 0 Å². The van der Waals surface area contributed by atoms with Gasteiger partial charge in [0.05, 0.1) is 12.7 Å². The number of carbonyl (C=O) groups is 2. The van der Waals surface area contributed by atoms with Gasteiger partial charge in [-0.1, -0.05) is 28.1 Å². The third-order valence-electron chi connectivity index (χ3n) is 3.55. The molecule has 0 aliphatic heterocycles. The lowest BCUT2D eigenvalue weighted by Crippen LogP contribution is -2.28. The fraction of sp³-hybridized carbons (Fsp3) is 0.333. The van der Waals surface area contributed by atoms with Crippen molar-refractivity contribution in [2.45, 2.75) is 33.3 Å². The molecule has 0 N–H and O–H groups in total. The molecule has 0 fully saturated rings. The standard InChI is InChI=1S/C21H21BrN2O4S/c1-5-27-20(26)17-16(13-6-8-15(22)9-7-13)12-29-18(17)24-11-14(10-23)19(25)28-21(2,3)4/h6-9,11-12,14H,5H2,1-4H3. The van der Waals surface area contributed by atoms with Crippen molar-refractivity contribution in [3.05, 3.63) is 39.7 Å². The summed E-state index contributed by atoms with van der Waals surface area (Å²) in [6.07, 6.45) is 1.20. The molecule has 0 radical (unpaired) electrons. The largest absolute Gasteiger partial charge is 0.462 e. The molecule has 0 saturated heterocycles. The summed E-state index contributed by atoms with van der Waals surface area (Å²) in [5.41, 5.74) is 1.10. The lowest BCUT2D eigenvalue weighted by Gasteiger charge is -2.20. The lowest BCUT2D eigenvalue weighted by molar-refractivity contribution is -0.155. The molecular weight excluding hydrogens is 456 g/mol. The molecule has 1 heterocycles. The van der Waals surface area contributed by atoms with Crippen LogP contribution in [0.15, 0.2) is 39.1 Å². The van der Waals surface area contributed by atoms with E-state index in [0.717, 1.165) is 10.0 Å². The van der Waals surface area contributed by atoms with Gasteiger partial charge in [-0.15, -0.1) is 11.3 Å². The molecular formula is C21H21BrN2O4S. The zero-order valence-electron chi connectivity index (χ0n) is 16.6. The zero-order chi connectivity index (χ0) is 21.6. The first-order valence-electron chi connectivity index (χ1n) is 8.87. The van der Waals surface area contributed by atoms with E-state index in [-0.39, 0.29) is 6.61 Å². The number of nitrogens with zero attached hydrogens (tertiary/aromatic N) is 2. The first kappa shape index (κ1) is 22.8. The highest BCUT2D eigenvalue weighted by molar-refractivity contribution is 9.10. The minimum absolute atomic E-state index is 0.219. The van der Waals surface area contributed by atoms with Crippen LogP contribution in [-0.4, -0.2) is 30.4 Å². The number of benzene rings is 1. The summed E-state index contributed by atoms with van der Waals surface area (Å²) >= 11 is 4.63. The van der Waals surface area contributed by atoms with Crippen molar-refractivity contribution in [2.24, 2.45) is 10.9 Å². The van der Waals surface area contributed by atoms with Crippen LogP contribution in [0, 0.1) is 17.2 Å². The van der Waals surface area contributed by atoms with Crippen molar-refractivity contribution in [3.63, 3.8) is 0 Å². The predicted molar refractivity (Wildman–Crippen MR) is 117 cm³/mol. The molecule has 29 heavy (non-hydrogen) atoms. The van der Waals surface area contributed by atoms with Gasteiger partial charge in [0.2, 0.25) is 0 Å². The number of carbonyl (C=O) groups excluding carboxylic acids is 2. The highest BCUT2D eigenvalue weighted by atomic mass is 79.9. The Bertz CT molecular complexity index is 953. The van der Waals surface area contributed by atoms with E-state index < -0.39 is 23.5 Å². The number of rotatable bonds is 6. The maximum atomic E-state index is 12.6. The van der Waals surface area contributed by atoms with Crippen molar-refractivity contribution < 1.29 is 19.1 Å². The average molecular weight is 477 g/mol. The van der Waals surface area contributed by atoms with E-state index in [0.29, 0.717) is 16.1 Å².